The zero-order valence-corrected chi connectivity index (χ0v) is 17.9. The minimum atomic E-state index is -4.59. The third-order valence-electron chi connectivity index (χ3n) is 6.11. The number of pyridine rings is 1. The maximum atomic E-state index is 12.8. The number of carbonyl (C=O) groups is 1. The van der Waals surface area contributed by atoms with Crippen LogP contribution in [0.25, 0.3) is 27.8 Å². The molecule has 0 unspecified atom stereocenters. The Morgan fingerprint density at radius 2 is 1.88 bits per heavy atom. The topological polar surface area (TPSA) is 93.3 Å². The molecule has 0 saturated heterocycles. The quantitative estimate of drug-likeness (QED) is 0.482. The second kappa shape index (κ2) is 7.72. The van der Waals surface area contributed by atoms with Crippen molar-refractivity contribution in [1.82, 2.24) is 24.2 Å². The standard InChI is InChI=1S/C23H18F3N5O3/c1-29-18-7-8-30(22(33)34)12-16(18)15-3-2-14(11-19(15)29)31-9-6-13(10-21(31)32)17-4-5-20(28-27-17)23(24,25)26/h2-6,9-11H,7-8,12H2,1H3,(H,33,34). The fourth-order valence-electron chi connectivity index (χ4n) is 4.36. The molecule has 8 nitrogen and oxygen atoms in total. The van der Waals surface area contributed by atoms with Crippen molar-refractivity contribution < 1.29 is 23.1 Å². The number of aryl methyl sites for hydroxylation is 1. The molecule has 0 saturated carbocycles. The summed E-state index contributed by atoms with van der Waals surface area (Å²) in [5.74, 6) is 0. The van der Waals surface area contributed by atoms with Crippen molar-refractivity contribution in [2.75, 3.05) is 6.54 Å². The zero-order valence-electron chi connectivity index (χ0n) is 17.9. The maximum absolute atomic E-state index is 12.8. The largest absolute Gasteiger partial charge is 0.465 e. The number of benzene rings is 1. The van der Waals surface area contributed by atoms with Crippen LogP contribution in [-0.2, 0) is 26.2 Å². The highest BCUT2D eigenvalue weighted by Crippen LogP contribution is 2.32. The van der Waals surface area contributed by atoms with Gasteiger partial charge >= 0.3 is 12.3 Å². The van der Waals surface area contributed by atoms with Crippen molar-refractivity contribution in [3.8, 4) is 16.9 Å². The van der Waals surface area contributed by atoms with Crippen LogP contribution in [0.2, 0.25) is 0 Å². The zero-order chi connectivity index (χ0) is 24.2. The minimum Gasteiger partial charge on any atom is -0.465 e. The van der Waals surface area contributed by atoms with Gasteiger partial charge in [0.05, 0.1) is 23.4 Å². The Bertz CT molecular complexity index is 1490. The molecule has 0 radical (unpaired) electrons. The smallest absolute Gasteiger partial charge is 0.435 e. The molecular formula is C23H18F3N5O3. The van der Waals surface area contributed by atoms with Crippen molar-refractivity contribution >= 4 is 17.0 Å². The summed E-state index contributed by atoms with van der Waals surface area (Å²) in [6.45, 7) is 0.733. The van der Waals surface area contributed by atoms with Gasteiger partial charge in [-0.25, -0.2) is 4.79 Å². The van der Waals surface area contributed by atoms with Gasteiger partial charge in [0.15, 0.2) is 5.69 Å². The van der Waals surface area contributed by atoms with Gasteiger partial charge in [-0.2, -0.15) is 13.2 Å². The highest BCUT2D eigenvalue weighted by atomic mass is 19.4. The molecule has 1 aromatic carbocycles. The first-order valence-electron chi connectivity index (χ1n) is 10.4. The molecule has 1 aliphatic heterocycles. The summed E-state index contributed by atoms with van der Waals surface area (Å²) in [5, 5.41) is 17.1. The lowest BCUT2D eigenvalue weighted by Crippen LogP contribution is -2.34. The van der Waals surface area contributed by atoms with Gasteiger partial charge in [0.25, 0.3) is 5.56 Å². The molecule has 0 aliphatic carbocycles. The number of hydrogen-bond donors (Lipinski definition) is 1. The number of alkyl halides is 3. The SMILES string of the molecule is Cn1c2c(c3ccc(-n4ccc(-c5ccc(C(F)(F)F)nn5)cc4=O)cc31)CN(C(=O)O)CC2. The highest BCUT2D eigenvalue weighted by Gasteiger charge is 2.33. The second-order valence-corrected chi connectivity index (χ2v) is 8.07. The molecule has 0 spiro atoms. The van der Waals surface area contributed by atoms with Gasteiger partial charge in [-0.3, -0.25) is 9.36 Å². The van der Waals surface area contributed by atoms with Crippen molar-refractivity contribution in [3.63, 3.8) is 0 Å². The van der Waals surface area contributed by atoms with Gasteiger partial charge in [0.2, 0.25) is 0 Å². The van der Waals surface area contributed by atoms with E-state index < -0.39 is 18.0 Å². The van der Waals surface area contributed by atoms with Crippen LogP contribution in [0.15, 0.2) is 53.5 Å². The minimum absolute atomic E-state index is 0.158. The summed E-state index contributed by atoms with van der Waals surface area (Å²) in [6, 6.07) is 10.4. The number of carboxylic acid groups (broad SMARTS) is 1. The lowest BCUT2D eigenvalue weighted by Gasteiger charge is -2.25. The summed E-state index contributed by atoms with van der Waals surface area (Å²) >= 11 is 0. The Labute approximate surface area is 190 Å². The van der Waals surface area contributed by atoms with E-state index in [4.69, 9.17) is 0 Å². The number of aromatic nitrogens is 4. The molecule has 34 heavy (non-hydrogen) atoms. The third kappa shape index (κ3) is 3.58. The first kappa shape index (κ1) is 21.7. The van der Waals surface area contributed by atoms with Crippen molar-refractivity contribution in [1.29, 1.82) is 0 Å². The van der Waals surface area contributed by atoms with Gasteiger partial charge in [0.1, 0.15) is 0 Å². The van der Waals surface area contributed by atoms with Gasteiger partial charge in [-0.1, -0.05) is 6.07 Å². The molecule has 0 atom stereocenters. The lowest BCUT2D eigenvalue weighted by atomic mass is 10.0. The van der Waals surface area contributed by atoms with Crippen LogP contribution in [0.1, 0.15) is 17.0 Å². The maximum Gasteiger partial charge on any atom is 0.435 e. The summed E-state index contributed by atoms with van der Waals surface area (Å²) in [5.41, 5.74) is 2.53. The number of halogens is 3. The summed E-state index contributed by atoms with van der Waals surface area (Å²) in [7, 11) is 1.91. The average Bonchev–Trinajstić information content (AvgIpc) is 3.09. The van der Waals surface area contributed by atoms with E-state index in [2.05, 4.69) is 10.2 Å². The summed E-state index contributed by atoms with van der Waals surface area (Å²) < 4.78 is 41.6. The first-order chi connectivity index (χ1) is 16.1. The fourth-order valence-corrected chi connectivity index (χ4v) is 4.36. The highest BCUT2D eigenvalue weighted by molar-refractivity contribution is 5.88. The lowest BCUT2D eigenvalue weighted by molar-refractivity contribution is -0.141. The molecule has 1 aliphatic rings. The Morgan fingerprint density at radius 1 is 1.09 bits per heavy atom. The molecule has 4 aromatic rings. The summed E-state index contributed by atoms with van der Waals surface area (Å²) in [4.78, 5) is 25.6. The molecule has 4 heterocycles. The van der Waals surface area contributed by atoms with Crippen LogP contribution in [0, 0.1) is 0 Å². The molecule has 1 N–H and O–H groups in total. The molecule has 3 aromatic heterocycles. The Kier molecular flexibility index (Phi) is 4.92. The number of rotatable bonds is 2. The van der Waals surface area contributed by atoms with Crippen LogP contribution in [0.4, 0.5) is 18.0 Å². The molecule has 1 amide bonds. The number of fused-ring (bicyclic) bond motifs is 3. The van der Waals surface area contributed by atoms with Crippen LogP contribution < -0.4 is 5.56 Å². The Balaban J connectivity index is 1.50. The van der Waals surface area contributed by atoms with Crippen LogP contribution in [-0.4, -0.2) is 42.0 Å². The van der Waals surface area contributed by atoms with Crippen molar-refractivity contribution in [2.45, 2.75) is 19.1 Å². The Morgan fingerprint density at radius 3 is 2.53 bits per heavy atom. The Hall–Kier alpha value is -4.15. The van der Waals surface area contributed by atoms with E-state index in [1.807, 2.05) is 23.7 Å². The molecule has 174 valence electrons. The van der Waals surface area contributed by atoms with Crippen LogP contribution in [0.5, 0.6) is 0 Å². The average molecular weight is 469 g/mol. The van der Waals surface area contributed by atoms with Crippen molar-refractivity contribution in [3.05, 3.63) is 76.0 Å². The van der Waals surface area contributed by atoms with E-state index in [-0.39, 0.29) is 11.3 Å². The van der Waals surface area contributed by atoms with E-state index in [9.17, 15) is 27.9 Å². The van der Waals surface area contributed by atoms with E-state index in [0.717, 1.165) is 28.2 Å². The van der Waals surface area contributed by atoms with Gasteiger partial charge in [0, 0.05) is 54.5 Å². The molecule has 5 rings (SSSR count). The molecule has 0 bridgehead atoms. The predicted molar refractivity (Wildman–Crippen MR) is 117 cm³/mol. The monoisotopic (exact) mass is 469 g/mol. The number of nitrogens with zero attached hydrogens (tertiary/aromatic N) is 5. The van der Waals surface area contributed by atoms with Gasteiger partial charge < -0.3 is 14.6 Å². The van der Waals surface area contributed by atoms with E-state index in [0.29, 0.717) is 30.8 Å². The van der Waals surface area contributed by atoms with Gasteiger partial charge in [-0.05, 0) is 30.3 Å². The number of amides is 1. The fraction of sp³-hybridized carbons (Fsp3) is 0.217. The van der Waals surface area contributed by atoms with Gasteiger partial charge in [-0.15, -0.1) is 10.2 Å². The van der Waals surface area contributed by atoms with E-state index in [1.54, 1.807) is 12.1 Å². The number of hydrogen-bond acceptors (Lipinski definition) is 4. The predicted octanol–water partition coefficient (Wildman–Crippen LogP) is 3.84. The normalized spacial score (nSPS) is 13.8. The molecular weight excluding hydrogens is 451 g/mol. The third-order valence-corrected chi connectivity index (χ3v) is 6.11. The van der Waals surface area contributed by atoms with E-state index >= 15 is 0 Å². The summed E-state index contributed by atoms with van der Waals surface area (Å²) in [6.07, 6.45) is -3.41. The first-order valence-corrected chi connectivity index (χ1v) is 10.4. The van der Waals surface area contributed by atoms with Crippen LogP contribution in [0.3, 0.4) is 0 Å². The van der Waals surface area contributed by atoms with Crippen molar-refractivity contribution in [2.24, 2.45) is 7.05 Å². The molecule has 0 fully saturated rings. The van der Waals surface area contributed by atoms with Crippen LogP contribution >= 0.6 is 0 Å². The molecule has 11 heteroatoms. The van der Waals surface area contributed by atoms with E-state index in [1.165, 1.54) is 27.8 Å². The second-order valence-electron chi connectivity index (χ2n) is 8.07.